The molecule has 0 fully saturated rings. The number of fused-ring (bicyclic) bond motifs is 1. The van der Waals surface area contributed by atoms with E-state index in [4.69, 9.17) is 0 Å². The van der Waals surface area contributed by atoms with Crippen LogP contribution >= 0.6 is 0 Å². The van der Waals surface area contributed by atoms with Gasteiger partial charge in [-0.15, -0.1) is 0 Å². The summed E-state index contributed by atoms with van der Waals surface area (Å²) in [4.78, 5) is 11.7. The van der Waals surface area contributed by atoms with Gasteiger partial charge >= 0.3 is 0 Å². The molecule has 21 heavy (non-hydrogen) atoms. The number of benzene rings is 1. The number of nitrogens with one attached hydrogen (secondary N) is 3. The smallest absolute Gasteiger partial charge is 0.240 e. The average molecular weight is 311 g/mol. The van der Waals surface area contributed by atoms with Crippen LogP contribution in [0, 0.1) is 0 Å². The molecule has 1 unspecified atom stereocenters. The third kappa shape index (κ3) is 4.03. The Bertz CT molecular complexity index is 628. The van der Waals surface area contributed by atoms with E-state index in [1.807, 2.05) is 6.92 Å². The number of sulfonamides is 1. The molecule has 1 aliphatic heterocycles. The molecule has 1 aromatic carbocycles. The van der Waals surface area contributed by atoms with E-state index in [-0.39, 0.29) is 16.8 Å². The second-order valence-electron chi connectivity index (χ2n) is 5.26. The number of carbonyl (C=O) groups is 1. The summed E-state index contributed by atoms with van der Waals surface area (Å²) in [6, 6.07) is 4.89. The molecule has 116 valence electrons. The fourth-order valence-electron chi connectivity index (χ4n) is 2.14. The SMILES string of the molecule is CNC(C)CNS(=O)(=O)c1ccc2c(c1)CCCC(=O)N2. The zero-order valence-corrected chi connectivity index (χ0v) is 13.1. The molecule has 0 aliphatic carbocycles. The van der Waals surface area contributed by atoms with Gasteiger partial charge in [-0.1, -0.05) is 0 Å². The molecule has 0 saturated heterocycles. The topological polar surface area (TPSA) is 87.3 Å². The number of anilines is 1. The Hall–Kier alpha value is -1.44. The third-order valence-corrected chi connectivity index (χ3v) is 5.00. The number of carbonyl (C=O) groups excluding carboxylic acids is 1. The van der Waals surface area contributed by atoms with E-state index in [9.17, 15) is 13.2 Å². The van der Waals surface area contributed by atoms with Crippen molar-refractivity contribution in [2.75, 3.05) is 18.9 Å². The predicted molar refractivity (Wildman–Crippen MR) is 81.7 cm³/mol. The molecule has 0 bridgehead atoms. The van der Waals surface area contributed by atoms with Crippen LogP contribution in [0.5, 0.6) is 0 Å². The normalized spacial score (nSPS) is 16.8. The van der Waals surface area contributed by atoms with Crippen LogP contribution in [0.3, 0.4) is 0 Å². The van der Waals surface area contributed by atoms with Crippen LogP contribution < -0.4 is 15.4 Å². The largest absolute Gasteiger partial charge is 0.326 e. The minimum absolute atomic E-state index is 0.0228. The highest BCUT2D eigenvalue weighted by atomic mass is 32.2. The van der Waals surface area contributed by atoms with E-state index in [1.165, 1.54) is 6.07 Å². The number of amides is 1. The molecule has 1 atom stereocenters. The fourth-order valence-corrected chi connectivity index (χ4v) is 3.32. The van der Waals surface area contributed by atoms with Crippen molar-refractivity contribution < 1.29 is 13.2 Å². The summed E-state index contributed by atoms with van der Waals surface area (Å²) >= 11 is 0. The number of rotatable bonds is 5. The molecule has 1 amide bonds. The Morgan fingerprint density at radius 3 is 2.81 bits per heavy atom. The lowest BCUT2D eigenvalue weighted by Gasteiger charge is -2.13. The standard InChI is InChI=1S/C14H21N3O3S/c1-10(15-2)9-16-21(19,20)12-6-7-13-11(8-12)4-3-5-14(18)17-13/h6-8,10,15-16H,3-5,9H2,1-2H3,(H,17,18). The van der Waals surface area contributed by atoms with Crippen LogP contribution in [-0.4, -0.2) is 34.0 Å². The maximum absolute atomic E-state index is 12.3. The molecule has 3 N–H and O–H groups in total. The second-order valence-corrected chi connectivity index (χ2v) is 7.03. The van der Waals surface area contributed by atoms with E-state index < -0.39 is 10.0 Å². The quantitative estimate of drug-likeness (QED) is 0.752. The number of aryl methyl sites for hydroxylation is 1. The van der Waals surface area contributed by atoms with E-state index in [0.29, 0.717) is 25.1 Å². The monoisotopic (exact) mass is 311 g/mol. The van der Waals surface area contributed by atoms with Crippen LogP contribution in [0.1, 0.15) is 25.3 Å². The van der Waals surface area contributed by atoms with Crippen LogP contribution in [0.2, 0.25) is 0 Å². The van der Waals surface area contributed by atoms with Crippen LogP contribution in [0.25, 0.3) is 0 Å². The summed E-state index contributed by atoms with van der Waals surface area (Å²) in [5, 5.41) is 5.77. The van der Waals surface area contributed by atoms with E-state index in [1.54, 1.807) is 19.2 Å². The lowest BCUT2D eigenvalue weighted by molar-refractivity contribution is -0.116. The molecule has 1 heterocycles. The van der Waals surface area contributed by atoms with Crippen molar-refractivity contribution in [3.8, 4) is 0 Å². The Morgan fingerprint density at radius 1 is 1.33 bits per heavy atom. The lowest BCUT2D eigenvalue weighted by Crippen LogP contribution is -2.37. The predicted octanol–water partition coefficient (Wildman–Crippen LogP) is 0.848. The van der Waals surface area contributed by atoms with Gasteiger partial charge in [-0.2, -0.15) is 0 Å². The highest BCUT2D eigenvalue weighted by molar-refractivity contribution is 7.89. The third-order valence-electron chi connectivity index (χ3n) is 3.58. The lowest BCUT2D eigenvalue weighted by atomic mass is 10.1. The molecule has 0 radical (unpaired) electrons. The van der Waals surface area contributed by atoms with Crippen molar-refractivity contribution in [3.63, 3.8) is 0 Å². The summed E-state index contributed by atoms with van der Waals surface area (Å²) in [5.41, 5.74) is 1.57. The zero-order chi connectivity index (χ0) is 15.5. The number of hydrogen-bond donors (Lipinski definition) is 3. The van der Waals surface area contributed by atoms with Crippen LogP contribution in [0.15, 0.2) is 23.1 Å². The molecule has 1 aromatic rings. The molecule has 0 spiro atoms. The Balaban J connectivity index is 2.21. The summed E-state index contributed by atoms with van der Waals surface area (Å²) < 4.78 is 27.1. The summed E-state index contributed by atoms with van der Waals surface area (Å²) in [6.07, 6.45) is 1.89. The Kier molecular flexibility index (Phi) is 4.97. The molecule has 1 aliphatic rings. The van der Waals surface area contributed by atoms with Gasteiger partial charge in [0, 0.05) is 24.7 Å². The molecule has 7 heteroatoms. The van der Waals surface area contributed by atoms with Gasteiger partial charge in [0.25, 0.3) is 0 Å². The van der Waals surface area contributed by atoms with Crippen LogP contribution in [0.4, 0.5) is 5.69 Å². The van der Waals surface area contributed by atoms with Crippen molar-refractivity contribution in [3.05, 3.63) is 23.8 Å². The maximum Gasteiger partial charge on any atom is 0.240 e. The van der Waals surface area contributed by atoms with Gasteiger partial charge in [-0.25, -0.2) is 13.1 Å². The van der Waals surface area contributed by atoms with Gasteiger partial charge in [0.05, 0.1) is 4.90 Å². The first-order chi connectivity index (χ1) is 9.92. The van der Waals surface area contributed by atoms with Crippen LogP contribution in [-0.2, 0) is 21.2 Å². The van der Waals surface area contributed by atoms with Crippen molar-refractivity contribution in [2.24, 2.45) is 0 Å². The molecular formula is C14H21N3O3S. The summed E-state index contributed by atoms with van der Waals surface area (Å²) in [7, 11) is -1.75. The van der Waals surface area contributed by atoms with Crippen molar-refractivity contribution in [1.82, 2.24) is 10.0 Å². The van der Waals surface area contributed by atoms with Gasteiger partial charge in [0.1, 0.15) is 0 Å². The second kappa shape index (κ2) is 6.55. The summed E-state index contributed by atoms with van der Waals surface area (Å²) in [5.74, 6) is -0.0228. The van der Waals surface area contributed by atoms with Crippen molar-refractivity contribution in [1.29, 1.82) is 0 Å². The zero-order valence-electron chi connectivity index (χ0n) is 12.3. The highest BCUT2D eigenvalue weighted by Crippen LogP contribution is 2.25. The number of hydrogen-bond acceptors (Lipinski definition) is 4. The van der Waals surface area contributed by atoms with E-state index in [0.717, 1.165) is 12.0 Å². The first kappa shape index (κ1) is 15.9. The average Bonchev–Trinajstić information content (AvgIpc) is 2.64. The molecular weight excluding hydrogens is 290 g/mol. The summed E-state index contributed by atoms with van der Waals surface area (Å²) in [6.45, 7) is 2.22. The van der Waals surface area contributed by atoms with Crippen molar-refractivity contribution in [2.45, 2.75) is 37.1 Å². The van der Waals surface area contributed by atoms with Gasteiger partial charge in [0.2, 0.25) is 15.9 Å². The first-order valence-corrected chi connectivity index (χ1v) is 8.50. The van der Waals surface area contributed by atoms with Crippen molar-refractivity contribution >= 4 is 21.6 Å². The molecule has 0 aromatic heterocycles. The molecule has 6 nitrogen and oxygen atoms in total. The minimum Gasteiger partial charge on any atom is -0.326 e. The Labute approximate surface area is 125 Å². The number of likely N-dealkylation sites (N-methyl/N-ethyl adjacent to an activating group) is 1. The highest BCUT2D eigenvalue weighted by Gasteiger charge is 2.19. The van der Waals surface area contributed by atoms with Gasteiger partial charge in [0.15, 0.2) is 0 Å². The minimum atomic E-state index is -3.53. The molecule has 2 rings (SSSR count). The fraction of sp³-hybridized carbons (Fsp3) is 0.500. The Morgan fingerprint density at radius 2 is 2.10 bits per heavy atom. The van der Waals surface area contributed by atoms with Gasteiger partial charge in [-0.05, 0) is 50.6 Å². The molecule has 0 saturated carbocycles. The van der Waals surface area contributed by atoms with E-state index >= 15 is 0 Å². The van der Waals surface area contributed by atoms with Gasteiger partial charge < -0.3 is 10.6 Å². The maximum atomic E-state index is 12.3. The van der Waals surface area contributed by atoms with Gasteiger partial charge in [-0.3, -0.25) is 4.79 Å². The first-order valence-electron chi connectivity index (χ1n) is 7.02. The van der Waals surface area contributed by atoms with E-state index in [2.05, 4.69) is 15.4 Å².